The molecular formula is C11H8Cl2FN7. The minimum atomic E-state index is -0.531. The van der Waals surface area contributed by atoms with Crippen molar-refractivity contribution in [3.63, 3.8) is 0 Å². The van der Waals surface area contributed by atoms with Gasteiger partial charge in [0.05, 0.1) is 27.3 Å². The fraction of sp³-hybridized carbons (Fsp3) is 0. The van der Waals surface area contributed by atoms with E-state index in [-0.39, 0.29) is 16.0 Å². The zero-order chi connectivity index (χ0) is 15.0. The summed E-state index contributed by atoms with van der Waals surface area (Å²) in [5, 5.41) is 10.4. The van der Waals surface area contributed by atoms with Gasteiger partial charge >= 0.3 is 0 Å². The summed E-state index contributed by atoms with van der Waals surface area (Å²) in [6.45, 7) is 0. The topological polar surface area (TPSA) is 105 Å². The molecule has 0 spiro atoms. The van der Waals surface area contributed by atoms with Crippen LogP contribution in [0.15, 0.2) is 18.3 Å². The van der Waals surface area contributed by atoms with Crippen LogP contribution in [0.1, 0.15) is 0 Å². The molecule has 0 bridgehead atoms. The number of nitrogens with one attached hydrogen (secondary N) is 3. The van der Waals surface area contributed by atoms with Crippen molar-refractivity contribution in [3.05, 3.63) is 34.2 Å². The van der Waals surface area contributed by atoms with Gasteiger partial charge in [-0.15, -0.1) is 0 Å². The highest BCUT2D eigenvalue weighted by atomic mass is 35.5. The normalized spacial score (nSPS) is 10.9. The first-order valence-electron chi connectivity index (χ1n) is 5.68. The third-order valence-electron chi connectivity index (χ3n) is 2.69. The molecule has 0 aliphatic rings. The summed E-state index contributed by atoms with van der Waals surface area (Å²) in [6, 6.07) is 2.29. The number of H-pyrrole nitrogens is 1. The number of hydrazine groups is 1. The molecule has 21 heavy (non-hydrogen) atoms. The maximum Gasteiger partial charge on any atom is 0.241 e. The molecule has 0 aliphatic carbocycles. The van der Waals surface area contributed by atoms with Crippen molar-refractivity contribution in [2.24, 2.45) is 5.84 Å². The minimum absolute atomic E-state index is 0.123. The number of aromatic amines is 1. The molecule has 2 aromatic heterocycles. The molecule has 0 aliphatic heterocycles. The van der Waals surface area contributed by atoms with Gasteiger partial charge in [-0.3, -0.25) is 10.5 Å². The van der Waals surface area contributed by atoms with Crippen LogP contribution < -0.4 is 16.6 Å². The Bertz CT molecular complexity index is 796. The molecule has 0 radical (unpaired) electrons. The molecule has 5 N–H and O–H groups in total. The lowest BCUT2D eigenvalue weighted by molar-refractivity contribution is 0.628. The lowest BCUT2D eigenvalue weighted by atomic mass is 10.3. The number of hydrogen-bond acceptors (Lipinski definition) is 6. The van der Waals surface area contributed by atoms with Gasteiger partial charge < -0.3 is 5.32 Å². The van der Waals surface area contributed by atoms with E-state index in [1.165, 1.54) is 6.20 Å². The van der Waals surface area contributed by atoms with Gasteiger partial charge in [-0.1, -0.05) is 23.2 Å². The number of nitrogen functional groups attached to an aromatic ring is 1. The van der Waals surface area contributed by atoms with Crippen LogP contribution in [0.5, 0.6) is 0 Å². The van der Waals surface area contributed by atoms with Gasteiger partial charge in [0.2, 0.25) is 5.95 Å². The first-order chi connectivity index (χ1) is 10.1. The maximum atomic E-state index is 13.2. The highest BCUT2D eigenvalue weighted by Crippen LogP contribution is 2.35. The van der Waals surface area contributed by atoms with E-state index < -0.39 is 5.82 Å². The second-order valence-corrected chi connectivity index (χ2v) is 4.86. The van der Waals surface area contributed by atoms with Crippen molar-refractivity contribution >= 4 is 51.7 Å². The molecule has 0 atom stereocenters. The fourth-order valence-electron chi connectivity index (χ4n) is 1.77. The first kappa shape index (κ1) is 13.8. The van der Waals surface area contributed by atoms with Crippen LogP contribution in [0.25, 0.3) is 11.0 Å². The van der Waals surface area contributed by atoms with E-state index >= 15 is 0 Å². The van der Waals surface area contributed by atoms with Crippen molar-refractivity contribution in [2.75, 3.05) is 10.7 Å². The fourth-order valence-corrected chi connectivity index (χ4v) is 2.33. The molecule has 0 amide bonds. The average Bonchev–Trinajstić information content (AvgIpc) is 2.90. The van der Waals surface area contributed by atoms with E-state index in [1.54, 1.807) is 0 Å². The third kappa shape index (κ3) is 2.56. The monoisotopic (exact) mass is 327 g/mol. The zero-order valence-corrected chi connectivity index (χ0v) is 11.8. The van der Waals surface area contributed by atoms with E-state index in [4.69, 9.17) is 29.0 Å². The number of halogens is 3. The Labute approximate surface area is 127 Å². The number of aromatic nitrogens is 4. The predicted molar refractivity (Wildman–Crippen MR) is 79.2 cm³/mol. The van der Waals surface area contributed by atoms with Crippen molar-refractivity contribution in [1.29, 1.82) is 0 Å². The summed E-state index contributed by atoms with van der Waals surface area (Å²) in [6.07, 6.45) is 1.53. The molecule has 3 rings (SSSR count). The number of nitrogens with two attached hydrogens (primary N) is 1. The molecule has 0 fully saturated rings. The van der Waals surface area contributed by atoms with E-state index in [2.05, 4.69) is 30.9 Å². The number of nitrogens with zero attached hydrogens (tertiary/aromatic N) is 3. The molecule has 3 aromatic rings. The van der Waals surface area contributed by atoms with Crippen molar-refractivity contribution in [3.8, 4) is 0 Å². The molecule has 0 unspecified atom stereocenters. The quantitative estimate of drug-likeness (QED) is 0.435. The van der Waals surface area contributed by atoms with E-state index in [0.29, 0.717) is 22.5 Å². The third-order valence-corrected chi connectivity index (χ3v) is 3.29. The van der Waals surface area contributed by atoms with Gasteiger partial charge in [0.15, 0.2) is 5.65 Å². The summed E-state index contributed by atoms with van der Waals surface area (Å²) >= 11 is 12.0. The van der Waals surface area contributed by atoms with Gasteiger partial charge in [0.25, 0.3) is 0 Å². The van der Waals surface area contributed by atoms with Crippen molar-refractivity contribution < 1.29 is 4.39 Å². The zero-order valence-electron chi connectivity index (χ0n) is 10.3. The maximum absolute atomic E-state index is 13.2. The summed E-state index contributed by atoms with van der Waals surface area (Å²) in [7, 11) is 0. The van der Waals surface area contributed by atoms with E-state index in [0.717, 1.165) is 12.1 Å². The first-order valence-corrected chi connectivity index (χ1v) is 6.43. The molecule has 0 saturated carbocycles. The van der Waals surface area contributed by atoms with Crippen LogP contribution >= 0.6 is 23.2 Å². The number of rotatable bonds is 3. The van der Waals surface area contributed by atoms with Crippen LogP contribution in [0.2, 0.25) is 10.0 Å². The highest BCUT2D eigenvalue weighted by molar-refractivity contribution is 6.39. The van der Waals surface area contributed by atoms with Gasteiger partial charge in [0.1, 0.15) is 11.6 Å². The Morgan fingerprint density at radius 2 is 1.90 bits per heavy atom. The second kappa shape index (κ2) is 5.32. The van der Waals surface area contributed by atoms with Gasteiger partial charge in [0, 0.05) is 0 Å². The Kier molecular flexibility index (Phi) is 3.50. The Morgan fingerprint density at radius 3 is 2.57 bits per heavy atom. The largest absolute Gasteiger partial charge is 0.337 e. The standard InChI is InChI=1S/C11H8Cl2FN7/c12-6-1-4(14)2-7(13)8(6)17-9-5-3-16-21-10(5)19-11(18-9)20-15/h1-3H,15H2,(H3,16,17,18,19,20,21). The molecule has 108 valence electrons. The Hall–Kier alpha value is -2.16. The summed E-state index contributed by atoms with van der Waals surface area (Å²) < 4.78 is 13.2. The second-order valence-electron chi connectivity index (χ2n) is 4.04. The number of hydrogen-bond donors (Lipinski definition) is 4. The lowest BCUT2D eigenvalue weighted by Crippen LogP contribution is -2.11. The van der Waals surface area contributed by atoms with Gasteiger partial charge in [-0.05, 0) is 12.1 Å². The number of benzene rings is 1. The SMILES string of the molecule is NNc1nc(Nc2c(Cl)cc(F)cc2Cl)c2cn[nH]c2n1. The highest BCUT2D eigenvalue weighted by Gasteiger charge is 2.14. The number of anilines is 3. The predicted octanol–water partition coefficient (Wildman–Crippen LogP) is 2.83. The lowest BCUT2D eigenvalue weighted by Gasteiger charge is -2.11. The van der Waals surface area contributed by atoms with Gasteiger partial charge in [-0.25, -0.2) is 10.2 Å². The molecule has 0 saturated heterocycles. The van der Waals surface area contributed by atoms with E-state index in [1.807, 2.05) is 0 Å². The summed E-state index contributed by atoms with van der Waals surface area (Å²) in [5.74, 6) is 5.32. The molecule has 10 heteroatoms. The van der Waals surface area contributed by atoms with Crippen LogP contribution in [-0.2, 0) is 0 Å². The molecule has 2 heterocycles. The van der Waals surface area contributed by atoms with Crippen LogP contribution in [0, 0.1) is 5.82 Å². The van der Waals surface area contributed by atoms with Crippen LogP contribution in [0.4, 0.5) is 21.8 Å². The number of fused-ring (bicyclic) bond motifs is 1. The average molecular weight is 328 g/mol. The Morgan fingerprint density at radius 1 is 1.19 bits per heavy atom. The van der Waals surface area contributed by atoms with Crippen molar-refractivity contribution in [2.45, 2.75) is 0 Å². The van der Waals surface area contributed by atoms with Crippen LogP contribution in [0.3, 0.4) is 0 Å². The summed E-state index contributed by atoms with van der Waals surface area (Å²) in [4.78, 5) is 8.25. The smallest absolute Gasteiger partial charge is 0.241 e. The van der Waals surface area contributed by atoms with Gasteiger partial charge in [-0.2, -0.15) is 15.1 Å². The Balaban J connectivity index is 2.11. The molecule has 1 aromatic carbocycles. The molecule has 7 nitrogen and oxygen atoms in total. The van der Waals surface area contributed by atoms with Crippen molar-refractivity contribution in [1.82, 2.24) is 20.2 Å². The van der Waals surface area contributed by atoms with Crippen LogP contribution in [-0.4, -0.2) is 20.2 Å². The van der Waals surface area contributed by atoms with E-state index in [9.17, 15) is 4.39 Å². The molecular weight excluding hydrogens is 320 g/mol. The summed E-state index contributed by atoms with van der Waals surface area (Å²) in [5.41, 5.74) is 3.13. The minimum Gasteiger partial charge on any atom is -0.337 e.